The number of hydrogen-bond acceptors (Lipinski definition) is 4. The molecule has 5 heteroatoms. The van der Waals surface area contributed by atoms with Gasteiger partial charge in [-0.05, 0) is 110 Å². The predicted octanol–water partition coefficient (Wildman–Crippen LogP) is 6.57. The van der Waals surface area contributed by atoms with E-state index in [0.717, 1.165) is 56.4 Å². The molecule has 0 saturated heterocycles. The van der Waals surface area contributed by atoms with E-state index in [-0.39, 0.29) is 56.7 Å². The Bertz CT molecular complexity index is 1030. The number of fused-ring (bicyclic) bond motifs is 7. The number of carbonyl (C=O) groups excluding carboxylic acids is 2. The van der Waals surface area contributed by atoms with E-state index in [0.29, 0.717) is 18.9 Å². The van der Waals surface area contributed by atoms with Crippen LogP contribution < -0.4 is 0 Å². The highest BCUT2D eigenvalue weighted by molar-refractivity contribution is 5.95. The quantitative estimate of drug-likeness (QED) is 0.323. The molecule has 37 heavy (non-hydrogen) atoms. The van der Waals surface area contributed by atoms with Crippen molar-refractivity contribution >= 4 is 11.7 Å². The summed E-state index contributed by atoms with van der Waals surface area (Å²) < 4.78 is 0. The number of aliphatic hydroxyl groups excluding tert-OH is 1. The third kappa shape index (κ3) is 3.41. The van der Waals surface area contributed by atoms with Crippen LogP contribution in [-0.2, 0) is 9.59 Å². The smallest absolute Gasteiger partial charge is 0.251 e. The predicted molar refractivity (Wildman–Crippen MR) is 145 cm³/mol. The summed E-state index contributed by atoms with van der Waals surface area (Å²) in [6, 6.07) is 0. The van der Waals surface area contributed by atoms with Crippen molar-refractivity contribution in [3.05, 3.63) is 11.6 Å². The first kappa shape index (κ1) is 27.4. The van der Waals surface area contributed by atoms with Crippen LogP contribution in [0.15, 0.2) is 11.6 Å². The number of ketones is 1. The number of amides is 1. The Kier molecular flexibility index (Phi) is 6.04. The van der Waals surface area contributed by atoms with Gasteiger partial charge in [0.15, 0.2) is 5.78 Å². The van der Waals surface area contributed by atoms with E-state index in [1.165, 1.54) is 5.57 Å². The minimum Gasteiger partial charge on any atom is -0.393 e. The molecule has 208 valence electrons. The van der Waals surface area contributed by atoms with Crippen molar-refractivity contribution in [2.24, 2.45) is 50.2 Å². The Morgan fingerprint density at radius 2 is 1.62 bits per heavy atom. The average Bonchev–Trinajstić information content (AvgIpc) is 2.83. The van der Waals surface area contributed by atoms with Gasteiger partial charge in [0, 0.05) is 17.9 Å². The molecule has 4 fully saturated rings. The summed E-state index contributed by atoms with van der Waals surface area (Å²) in [6.45, 7) is 18.1. The van der Waals surface area contributed by atoms with Crippen molar-refractivity contribution in [2.75, 3.05) is 6.54 Å². The minimum atomic E-state index is -0.609. The van der Waals surface area contributed by atoms with E-state index in [9.17, 15) is 19.9 Å². The van der Waals surface area contributed by atoms with E-state index in [2.05, 4.69) is 41.5 Å². The van der Waals surface area contributed by atoms with Gasteiger partial charge in [0.1, 0.15) is 0 Å². The molecule has 0 bridgehead atoms. The van der Waals surface area contributed by atoms with Crippen molar-refractivity contribution in [2.45, 2.75) is 119 Å². The largest absolute Gasteiger partial charge is 0.393 e. The fourth-order valence-electron chi connectivity index (χ4n) is 10.8. The topological polar surface area (TPSA) is 77.8 Å². The van der Waals surface area contributed by atoms with E-state index >= 15 is 0 Å². The zero-order valence-corrected chi connectivity index (χ0v) is 24.6. The zero-order chi connectivity index (χ0) is 27.4. The maximum atomic E-state index is 14.4. The van der Waals surface area contributed by atoms with Crippen LogP contribution in [0.4, 0.5) is 0 Å². The number of carbonyl (C=O) groups is 2. The van der Waals surface area contributed by atoms with Gasteiger partial charge < -0.3 is 5.11 Å². The SMILES string of the molecule is CCN(O)C(=O)[C@@]1(C)CC[C@]2(C)CC[C@]3(C)C(=CC(=O)[C@@H]4[C@@]5(C)CC[C@H](O)C(C)(C)C5CC[C@]43C)[C@@H]2C1. The molecule has 0 aromatic heterocycles. The standard InChI is InChI=1S/C32H51NO4/c1-9-33(37)26(36)29(5)15-14-28(4)16-17-31(7)20(21(28)19-29)18-22(34)25-30(6)12-11-24(35)27(2,3)23(30)10-13-32(25,31)8/h18,21,23-25,35,37H,9-17,19H2,1-8H3/t21-,23?,24-,25+,28+,29-,30-,31+,32+/m0/s1. The van der Waals surface area contributed by atoms with Gasteiger partial charge in [-0.25, -0.2) is 5.06 Å². The molecule has 0 aromatic rings. The molecular weight excluding hydrogens is 462 g/mol. The van der Waals surface area contributed by atoms with Crippen LogP contribution in [-0.4, -0.2) is 39.7 Å². The van der Waals surface area contributed by atoms with Gasteiger partial charge in [-0.2, -0.15) is 0 Å². The average molecular weight is 514 g/mol. The fraction of sp³-hybridized carbons (Fsp3) is 0.875. The molecule has 1 amide bonds. The summed E-state index contributed by atoms with van der Waals surface area (Å²) in [4.78, 5) is 27.6. The van der Waals surface area contributed by atoms with Crippen LogP contribution in [0.25, 0.3) is 0 Å². The maximum absolute atomic E-state index is 14.4. The second kappa shape index (κ2) is 8.16. The summed E-state index contributed by atoms with van der Waals surface area (Å²) in [6.07, 6.45) is 10.1. The van der Waals surface area contributed by atoms with Gasteiger partial charge in [0.2, 0.25) is 0 Å². The number of aliphatic hydroxyl groups is 1. The molecule has 0 heterocycles. The van der Waals surface area contributed by atoms with Gasteiger partial charge in [-0.15, -0.1) is 0 Å². The molecule has 5 nitrogen and oxygen atoms in total. The molecule has 0 spiro atoms. The van der Waals surface area contributed by atoms with Crippen molar-refractivity contribution in [1.82, 2.24) is 5.06 Å². The normalized spacial score (nSPS) is 50.6. The monoisotopic (exact) mass is 513 g/mol. The third-order valence-electron chi connectivity index (χ3n) is 13.6. The van der Waals surface area contributed by atoms with E-state index < -0.39 is 5.41 Å². The van der Waals surface area contributed by atoms with E-state index in [1.54, 1.807) is 6.92 Å². The van der Waals surface area contributed by atoms with Crippen LogP contribution in [0.2, 0.25) is 0 Å². The summed E-state index contributed by atoms with van der Waals surface area (Å²) in [5, 5.41) is 22.1. The lowest BCUT2D eigenvalue weighted by molar-refractivity contribution is -0.203. The number of hydroxylamine groups is 2. The number of nitrogens with zero attached hydrogens (tertiary/aromatic N) is 1. The van der Waals surface area contributed by atoms with Crippen LogP contribution >= 0.6 is 0 Å². The Hall–Kier alpha value is -1.20. The first-order chi connectivity index (χ1) is 17.0. The Morgan fingerprint density at radius 3 is 2.27 bits per heavy atom. The molecule has 0 aromatic carbocycles. The van der Waals surface area contributed by atoms with Gasteiger partial charge in [0.25, 0.3) is 5.91 Å². The highest BCUT2D eigenvalue weighted by atomic mass is 16.5. The summed E-state index contributed by atoms with van der Waals surface area (Å²) in [5.74, 6) is 0.587. The summed E-state index contributed by atoms with van der Waals surface area (Å²) >= 11 is 0. The number of rotatable bonds is 2. The highest BCUT2D eigenvalue weighted by Gasteiger charge is 2.70. The molecule has 9 atom stereocenters. The zero-order valence-electron chi connectivity index (χ0n) is 24.6. The molecule has 4 saturated carbocycles. The van der Waals surface area contributed by atoms with Crippen molar-refractivity contribution < 1.29 is 19.9 Å². The second-order valence-electron chi connectivity index (χ2n) is 15.6. The van der Waals surface area contributed by atoms with Crippen LogP contribution in [0, 0.1) is 50.2 Å². The minimum absolute atomic E-state index is 0.0340. The van der Waals surface area contributed by atoms with Gasteiger partial charge >= 0.3 is 0 Å². The second-order valence-corrected chi connectivity index (χ2v) is 15.6. The molecule has 5 rings (SSSR count). The first-order valence-electron chi connectivity index (χ1n) is 14.9. The molecule has 1 unspecified atom stereocenters. The fourth-order valence-corrected chi connectivity index (χ4v) is 10.8. The molecular formula is C32H51NO4. The van der Waals surface area contributed by atoms with Gasteiger partial charge in [0.05, 0.1) is 6.10 Å². The third-order valence-corrected chi connectivity index (χ3v) is 13.6. The van der Waals surface area contributed by atoms with E-state index in [1.807, 2.05) is 13.0 Å². The molecule has 0 aliphatic heterocycles. The maximum Gasteiger partial charge on any atom is 0.251 e. The summed E-state index contributed by atoms with van der Waals surface area (Å²) in [7, 11) is 0. The van der Waals surface area contributed by atoms with Gasteiger partial charge in [-0.1, -0.05) is 54.0 Å². The lowest BCUT2D eigenvalue weighted by Crippen LogP contribution is -2.66. The highest BCUT2D eigenvalue weighted by Crippen LogP contribution is 2.75. The number of allylic oxidation sites excluding steroid dienone is 2. The van der Waals surface area contributed by atoms with Crippen molar-refractivity contribution in [1.29, 1.82) is 0 Å². The van der Waals surface area contributed by atoms with Crippen LogP contribution in [0.5, 0.6) is 0 Å². The molecule has 0 radical (unpaired) electrons. The summed E-state index contributed by atoms with van der Waals surface area (Å²) in [5.41, 5.74) is 0.237. The Labute approximate surface area is 224 Å². The van der Waals surface area contributed by atoms with E-state index in [4.69, 9.17) is 0 Å². The van der Waals surface area contributed by atoms with Crippen molar-refractivity contribution in [3.63, 3.8) is 0 Å². The number of hydrogen-bond donors (Lipinski definition) is 2. The van der Waals surface area contributed by atoms with Crippen LogP contribution in [0.1, 0.15) is 113 Å². The van der Waals surface area contributed by atoms with Crippen molar-refractivity contribution in [3.8, 4) is 0 Å². The molecule has 2 N–H and O–H groups in total. The lowest BCUT2D eigenvalue weighted by Gasteiger charge is -2.70. The first-order valence-corrected chi connectivity index (χ1v) is 14.9. The van der Waals surface area contributed by atoms with Crippen LogP contribution in [0.3, 0.4) is 0 Å². The lowest BCUT2D eigenvalue weighted by atomic mass is 9.33. The molecule has 5 aliphatic rings. The molecule has 5 aliphatic carbocycles. The Balaban J connectivity index is 1.59. The van der Waals surface area contributed by atoms with Gasteiger partial charge in [-0.3, -0.25) is 14.8 Å². The Morgan fingerprint density at radius 1 is 0.973 bits per heavy atom.